The van der Waals surface area contributed by atoms with Gasteiger partial charge in [-0.15, -0.1) is 0 Å². The van der Waals surface area contributed by atoms with Crippen LogP contribution in [-0.2, 0) is 14.3 Å². The van der Waals surface area contributed by atoms with Crippen LogP contribution in [0.3, 0.4) is 0 Å². The van der Waals surface area contributed by atoms with Crippen LogP contribution in [0.25, 0.3) is 0 Å². The van der Waals surface area contributed by atoms with E-state index in [-0.39, 0.29) is 11.3 Å². The first-order valence-corrected chi connectivity index (χ1v) is 9.26. The van der Waals surface area contributed by atoms with E-state index in [1.807, 2.05) is 0 Å². The van der Waals surface area contributed by atoms with Crippen LogP contribution in [0.15, 0.2) is 42.5 Å². The van der Waals surface area contributed by atoms with Crippen molar-refractivity contribution < 1.29 is 29.0 Å². The molecule has 9 heteroatoms. The molecule has 0 aromatic heterocycles. The molecule has 3 unspecified atom stereocenters. The highest BCUT2D eigenvalue weighted by Gasteiger charge is 2.34. The fraction of sp³-hybridized carbons (Fsp3) is 0.238. The standard InChI is InChI=1S/C21H21N3O6/c1-11-17(24-20(28)15-8-5-9-16(18(15)26)22-10-25)21(29)30-12(2)13-6-3-4-7-14(13)19(27)23-11/h3-12,17,26H,1-2H3,(H,22,25)(H,23,27)(H,24,28). The molecule has 0 radical (unpaired) electrons. The SMILES string of the molecule is CC1OC(=O)C(NC(=O)c2cccc(NC=O)c2O)C(C)NC(=O)c2ccccc21. The number of esters is 1. The van der Waals surface area contributed by atoms with Gasteiger partial charge in [-0.3, -0.25) is 14.4 Å². The molecule has 0 bridgehead atoms. The van der Waals surface area contributed by atoms with Crippen LogP contribution in [0.4, 0.5) is 5.69 Å². The first kappa shape index (κ1) is 20.8. The Labute approximate surface area is 172 Å². The number of ether oxygens (including phenoxy) is 1. The van der Waals surface area contributed by atoms with Crippen LogP contribution in [0, 0.1) is 0 Å². The second kappa shape index (κ2) is 8.64. The molecule has 156 valence electrons. The summed E-state index contributed by atoms with van der Waals surface area (Å²) >= 11 is 0. The number of carbonyl (C=O) groups is 4. The predicted octanol–water partition coefficient (Wildman–Crippen LogP) is 1.50. The Kier molecular flexibility index (Phi) is 6.01. The number of hydrogen-bond acceptors (Lipinski definition) is 6. The van der Waals surface area contributed by atoms with E-state index in [1.54, 1.807) is 38.1 Å². The number of hydrogen-bond donors (Lipinski definition) is 4. The van der Waals surface area contributed by atoms with Crippen molar-refractivity contribution in [1.29, 1.82) is 0 Å². The lowest BCUT2D eigenvalue weighted by molar-refractivity contribution is -0.151. The quantitative estimate of drug-likeness (QED) is 0.342. The average Bonchev–Trinajstić information content (AvgIpc) is 2.75. The van der Waals surface area contributed by atoms with Crippen molar-refractivity contribution in [3.8, 4) is 5.75 Å². The van der Waals surface area contributed by atoms with Crippen LogP contribution in [-0.4, -0.2) is 41.4 Å². The van der Waals surface area contributed by atoms with E-state index < -0.39 is 41.7 Å². The third-order valence-electron chi connectivity index (χ3n) is 4.83. The predicted molar refractivity (Wildman–Crippen MR) is 107 cm³/mol. The second-order valence-electron chi connectivity index (χ2n) is 6.84. The monoisotopic (exact) mass is 411 g/mol. The number of aromatic hydroxyl groups is 1. The minimum atomic E-state index is -1.21. The van der Waals surface area contributed by atoms with E-state index >= 15 is 0 Å². The molecule has 0 spiro atoms. The highest BCUT2D eigenvalue weighted by molar-refractivity contribution is 6.02. The van der Waals surface area contributed by atoms with Gasteiger partial charge in [0.05, 0.1) is 17.3 Å². The second-order valence-corrected chi connectivity index (χ2v) is 6.84. The van der Waals surface area contributed by atoms with Crippen molar-refractivity contribution in [2.24, 2.45) is 0 Å². The van der Waals surface area contributed by atoms with Gasteiger partial charge in [-0.2, -0.15) is 0 Å². The topological polar surface area (TPSA) is 134 Å². The van der Waals surface area contributed by atoms with Gasteiger partial charge in [0, 0.05) is 11.1 Å². The Morgan fingerprint density at radius 1 is 1.13 bits per heavy atom. The van der Waals surface area contributed by atoms with Gasteiger partial charge in [-0.25, -0.2) is 4.79 Å². The van der Waals surface area contributed by atoms with E-state index in [0.717, 1.165) is 0 Å². The van der Waals surface area contributed by atoms with Crippen molar-refractivity contribution in [2.75, 3.05) is 5.32 Å². The zero-order valence-corrected chi connectivity index (χ0v) is 16.3. The molecule has 30 heavy (non-hydrogen) atoms. The number of para-hydroxylation sites is 1. The lowest BCUT2D eigenvalue weighted by Crippen LogP contribution is -2.54. The number of benzene rings is 2. The highest BCUT2D eigenvalue weighted by atomic mass is 16.5. The van der Waals surface area contributed by atoms with Gasteiger partial charge in [0.1, 0.15) is 12.1 Å². The summed E-state index contributed by atoms with van der Waals surface area (Å²) in [5.41, 5.74) is 0.819. The molecular weight excluding hydrogens is 390 g/mol. The third kappa shape index (κ3) is 4.09. The van der Waals surface area contributed by atoms with Gasteiger partial charge < -0.3 is 25.8 Å². The number of carbonyl (C=O) groups excluding carboxylic acids is 4. The molecule has 9 nitrogen and oxygen atoms in total. The Morgan fingerprint density at radius 2 is 1.87 bits per heavy atom. The molecule has 1 heterocycles. The molecule has 0 aliphatic carbocycles. The minimum Gasteiger partial charge on any atom is -0.505 e. The van der Waals surface area contributed by atoms with E-state index in [4.69, 9.17) is 4.74 Å². The molecule has 0 saturated carbocycles. The molecule has 0 saturated heterocycles. The smallest absolute Gasteiger partial charge is 0.331 e. The summed E-state index contributed by atoms with van der Waals surface area (Å²) < 4.78 is 5.49. The first-order valence-electron chi connectivity index (χ1n) is 9.26. The normalized spacial score (nSPS) is 21.1. The molecular formula is C21H21N3O6. The summed E-state index contributed by atoms with van der Waals surface area (Å²) in [6.07, 6.45) is -0.346. The van der Waals surface area contributed by atoms with Gasteiger partial charge in [-0.05, 0) is 32.0 Å². The number of fused-ring (bicyclic) bond motifs is 1. The molecule has 3 atom stereocenters. The summed E-state index contributed by atoms with van der Waals surface area (Å²) in [7, 11) is 0. The summed E-state index contributed by atoms with van der Waals surface area (Å²) in [6, 6.07) is 8.97. The molecule has 1 aliphatic heterocycles. The molecule has 3 rings (SSSR count). The summed E-state index contributed by atoms with van der Waals surface area (Å²) in [5, 5.41) is 17.7. The molecule has 2 aromatic carbocycles. The van der Waals surface area contributed by atoms with E-state index in [1.165, 1.54) is 18.2 Å². The van der Waals surface area contributed by atoms with Crippen LogP contribution < -0.4 is 16.0 Å². The Bertz CT molecular complexity index is 1010. The number of rotatable bonds is 4. The summed E-state index contributed by atoms with van der Waals surface area (Å²) in [4.78, 5) is 48.8. The number of amides is 3. The van der Waals surface area contributed by atoms with E-state index in [2.05, 4.69) is 16.0 Å². The largest absolute Gasteiger partial charge is 0.505 e. The van der Waals surface area contributed by atoms with Crippen LogP contribution >= 0.6 is 0 Å². The maximum absolute atomic E-state index is 12.8. The number of anilines is 1. The van der Waals surface area contributed by atoms with Crippen molar-refractivity contribution in [3.05, 3.63) is 59.2 Å². The molecule has 3 amide bonds. The maximum atomic E-state index is 12.8. The van der Waals surface area contributed by atoms with E-state index in [9.17, 15) is 24.3 Å². The van der Waals surface area contributed by atoms with Crippen molar-refractivity contribution in [1.82, 2.24) is 10.6 Å². The molecule has 2 aromatic rings. The Morgan fingerprint density at radius 3 is 2.60 bits per heavy atom. The summed E-state index contributed by atoms with van der Waals surface area (Å²) in [5.74, 6) is -2.35. The molecule has 4 N–H and O–H groups in total. The zero-order valence-electron chi connectivity index (χ0n) is 16.3. The Hall–Kier alpha value is -3.88. The van der Waals surface area contributed by atoms with Gasteiger partial charge in [0.2, 0.25) is 6.41 Å². The van der Waals surface area contributed by atoms with Gasteiger partial charge in [0.25, 0.3) is 11.8 Å². The number of nitrogens with one attached hydrogen (secondary N) is 3. The van der Waals surface area contributed by atoms with Gasteiger partial charge in [0.15, 0.2) is 5.75 Å². The Balaban J connectivity index is 1.88. The van der Waals surface area contributed by atoms with Crippen molar-refractivity contribution in [2.45, 2.75) is 32.0 Å². The lowest BCUT2D eigenvalue weighted by Gasteiger charge is -2.24. The minimum absolute atomic E-state index is 0.0418. The number of phenolic OH excluding ortho intramolecular Hbond substituents is 1. The fourth-order valence-electron chi connectivity index (χ4n) is 3.25. The van der Waals surface area contributed by atoms with Crippen LogP contribution in [0.2, 0.25) is 0 Å². The van der Waals surface area contributed by atoms with Crippen LogP contribution in [0.1, 0.15) is 46.2 Å². The zero-order chi connectivity index (χ0) is 21.8. The van der Waals surface area contributed by atoms with Crippen molar-refractivity contribution in [3.63, 3.8) is 0 Å². The maximum Gasteiger partial charge on any atom is 0.331 e. The number of phenols is 1. The summed E-state index contributed by atoms with van der Waals surface area (Å²) in [6.45, 7) is 3.20. The van der Waals surface area contributed by atoms with E-state index in [0.29, 0.717) is 17.5 Å². The molecule has 1 aliphatic rings. The first-order chi connectivity index (χ1) is 14.3. The third-order valence-corrected chi connectivity index (χ3v) is 4.83. The van der Waals surface area contributed by atoms with Crippen molar-refractivity contribution >= 4 is 29.9 Å². The lowest BCUT2D eigenvalue weighted by atomic mass is 10.0. The van der Waals surface area contributed by atoms with Crippen LogP contribution in [0.5, 0.6) is 5.75 Å². The molecule has 0 fully saturated rings. The van der Waals surface area contributed by atoms with Gasteiger partial charge >= 0.3 is 5.97 Å². The average molecular weight is 411 g/mol. The van der Waals surface area contributed by atoms with Gasteiger partial charge in [-0.1, -0.05) is 24.3 Å². The number of cyclic esters (lactones) is 1. The fourth-order valence-corrected chi connectivity index (χ4v) is 3.25. The highest BCUT2D eigenvalue weighted by Crippen LogP contribution is 2.28.